The Labute approximate surface area is 271 Å². The monoisotopic (exact) mass is 642 g/mol. The van der Waals surface area contributed by atoms with E-state index in [0.29, 0.717) is 61.2 Å². The van der Waals surface area contributed by atoms with Crippen molar-refractivity contribution in [1.82, 2.24) is 4.57 Å². The molecule has 10 heteroatoms. The third-order valence-corrected chi connectivity index (χ3v) is 11.1. The van der Waals surface area contributed by atoms with Crippen molar-refractivity contribution in [2.45, 2.75) is 58.4 Å². The molecule has 3 aromatic rings. The number of fused-ring (bicyclic) bond motifs is 1. The fourth-order valence-corrected chi connectivity index (χ4v) is 9.52. The molecule has 0 radical (unpaired) electrons. The molecule has 2 heterocycles. The summed E-state index contributed by atoms with van der Waals surface area (Å²) in [5, 5.41) is 0. The Hall–Kier alpha value is -4.18. The molecule has 240 valence electrons. The van der Waals surface area contributed by atoms with Crippen LogP contribution in [0.2, 0.25) is 0 Å². The second-order valence-electron chi connectivity index (χ2n) is 13.1. The van der Waals surface area contributed by atoms with Gasteiger partial charge in [-0.3, -0.25) is 14.2 Å². The van der Waals surface area contributed by atoms with E-state index < -0.39 is 12.0 Å². The predicted octanol–water partition coefficient (Wildman–Crippen LogP) is 4.94. The van der Waals surface area contributed by atoms with Crippen LogP contribution in [-0.2, 0) is 14.3 Å². The highest BCUT2D eigenvalue weighted by atomic mass is 32.1. The molecule has 0 amide bonds. The van der Waals surface area contributed by atoms with Crippen LogP contribution in [0.3, 0.4) is 0 Å². The van der Waals surface area contributed by atoms with Crippen molar-refractivity contribution in [2.24, 2.45) is 28.2 Å². The van der Waals surface area contributed by atoms with Crippen molar-refractivity contribution in [3.63, 3.8) is 0 Å². The number of hydrogen-bond donors (Lipinski definition) is 0. The number of allylic oxidation sites excluding steroid dienone is 1. The van der Waals surface area contributed by atoms with E-state index >= 15 is 0 Å². The standard InChI is InChI=1S/C36H38N2O7S/c1-5-44-33(40)30-20(2)37-35-38(31(30)25-7-9-26(42-3)10-8-25)32(39)29(46-35)16-21-6-11-27(28(15-21)43-4)45-34(41)36-17-22-12-23(18-36)14-24(13-22)19-36/h6-11,15-16,22-24,31H,5,12-14,17-19H2,1-4H3/b29-16+. The van der Waals surface area contributed by atoms with E-state index in [1.165, 1.54) is 30.6 Å². The number of rotatable bonds is 8. The van der Waals surface area contributed by atoms with Crippen LogP contribution in [0.5, 0.6) is 17.2 Å². The minimum atomic E-state index is -0.718. The van der Waals surface area contributed by atoms with E-state index in [1.54, 1.807) is 63.0 Å². The molecule has 0 spiro atoms. The zero-order valence-electron chi connectivity index (χ0n) is 26.5. The van der Waals surface area contributed by atoms with E-state index in [9.17, 15) is 14.4 Å². The molecule has 46 heavy (non-hydrogen) atoms. The zero-order chi connectivity index (χ0) is 32.2. The smallest absolute Gasteiger partial charge is 0.338 e. The number of carbonyl (C=O) groups is 2. The summed E-state index contributed by atoms with van der Waals surface area (Å²) in [7, 11) is 3.13. The van der Waals surface area contributed by atoms with Gasteiger partial charge in [-0.25, -0.2) is 9.79 Å². The van der Waals surface area contributed by atoms with Crippen LogP contribution in [-0.4, -0.2) is 37.3 Å². The van der Waals surface area contributed by atoms with Gasteiger partial charge in [0.15, 0.2) is 16.3 Å². The van der Waals surface area contributed by atoms with Crippen LogP contribution < -0.4 is 29.1 Å². The molecule has 1 aliphatic heterocycles. The number of benzene rings is 2. The van der Waals surface area contributed by atoms with Gasteiger partial charge in [0.05, 0.1) is 48.1 Å². The topological polar surface area (TPSA) is 105 Å². The van der Waals surface area contributed by atoms with Crippen LogP contribution in [0.15, 0.2) is 63.5 Å². The van der Waals surface area contributed by atoms with Crippen molar-refractivity contribution >= 4 is 29.4 Å². The third kappa shape index (κ3) is 5.26. The van der Waals surface area contributed by atoms with Gasteiger partial charge in [0.2, 0.25) is 0 Å². The first kappa shape index (κ1) is 30.5. The van der Waals surface area contributed by atoms with Crippen LogP contribution in [0.25, 0.3) is 6.08 Å². The minimum absolute atomic E-state index is 0.141. The van der Waals surface area contributed by atoms with Gasteiger partial charge in [0.1, 0.15) is 5.75 Å². The lowest BCUT2D eigenvalue weighted by atomic mass is 9.49. The summed E-state index contributed by atoms with van der Waals surface area (Å²) in [6.07, 6.45) is 8.29. The maximum absolute atomic E-state index is 14.0. The Bertz CT molecular complexity index is 1880. The molecule has 4 saturated carbocycles. The number of thiazole rings is 1. The summed E-state index contributed by atoms with van der Waals surface area (Å²) in [6, 6.07) is 11.9. The van der Waals surface area contributed by atoms with E-state index in [0.717, 1.165) is 24.8 Å². The quantitative estimate of drug-likeness (QED) is 0.253. The molecule has 4 bridgehead atoms. The van der Waals surface area contributed by atoms with Gasteiger partial charge in [0, 0.05) is 0 Å². The third-order valence-electron chi connectivity index (χ3n) is 10.1. The number of methoxy groups -OCH3 is 2. The number of esters is 2. The number of aromatic nitrogens is 1. The lowest BCUT2D eigenvalue weighted by molar-refractivity contribution is -0.161. The molecular formula is C36H38N2O7S. The van der Waals surface area contributed by atoms with Crippen molar-refractivity contribution < 1.29 is 28.5 Å². The number of carbonyl (C=O) groups excluding carboxylic acids is 2. The van der Waals surface area contributed by atoms with Gasteiger partial charge in [-0.05, 0) is 112 Å². The maximum Gasteiger partial charge on any atom is 0.338 e. The first-order valence-corrected chi connectivity index (χ1v) is 16.8. The number of hydrogen-bond acceptors (Lipinski definition) is 9. The summed E-state index contributed by atoms with van der Waals surface area (Å²) in [6.45, 7) is 3.70. The summed E-state index contributed by atoms with van der Waals surface area (Å²) in [5.74, 6) is 2.73. The SMILES string of the molecule is CCOC(=O)C1=C(C)N=c2s/c(=C/c3ccc(OC(=O)C45CC6CC(CC(C6)C4)C5)c(OC)c3)c(=O)n2C1c1ccc(OC)cc1. The lowest BCUT2D eigenvalue weighted by Gasteiger charge is -2.55. The molecule has 0 saturated heterocycles. The van der Waals surface area contributed by atoms with Crippen molar-refractivity contribution in [3.8, 4) is 17.2 Å². The molecule has 2 aromatic carbocycles. The van der Waals surface area contributed by atoms with E-state index in [-0.39, 0.29) is 23.6 Å². The summed E-state index contributed by atoms with van der Waals surface area (Å²) in [5.41, 5.74) is 1.59. The Balaban J connectivity index is 1.22. The van der Waals surface area contributed by atoms with Crippen molar-refractivity contribution in [2.75, 3.05) is 20.8 Å². The zero-order valence-corrected chi connectivity index (χ0v) is 27.4. The number of nitrogens with zero attached hydrogens (tertiary/aromatic N) is 2. The van der Waals surface area contributed by atoms with E-state index in [1.807, 2.05) is 18.2 Å². The van der Waals surface area contributed by atoms with E-state index in [2.05, 4.69) is 4.99 Å². The fourth-order valence-electron chi connectivity index (χ4n) is 8.47. The molecule has 1 atom stereocenters. The van der Waals surface area contributed by atoms with Gasteiger partial charge >= 0.3 is 11.9 Å². The Morgan fingerprint density at radius 3 is 2.26 bits per heavy atom. The van der Waals surface area contributed by atoms with Gasteiger partial charge < -0.3 is 18.9 Å². The van der Waals surface area contributed by atoms with Gasteiger partial charge in [0.25, 0.3) is 5.56 Å². The van der Waals surface area contributed by atoms with Gasteiger partial charge in [-0.1, -0.05) is 29.5 Å². The Kier molecular flexibility index (Phi) is 7.87. The second kappa shape index (κ2) is 11.9. The van der Waals surface area contributed by atoms with Crippen LogP contribution in [0, 0.1) is 23.2 Å². The molecule has 4 aliphatic carbocycles. The van der Waals surface area contributed by atoms with Crippen LogP contribution >= 0.6 is 11.3 Å². The molecule has 8 rings (SSSR count). The average molecular weight is 643 g/mol. The van der Waals surface area contributed by atoms with E-state index in [4.69, 9.17) is 18.9 Å². The summed E-state index contributed by atoms with van der Waals surface area (Å²) < 4.78 is 24.4. The molecule has 1 aromatic heterocycles. The number of ether oxygens (including phenoxy) is 4. The molecule has 1 unspecified atom stereocenters. The second-order valence-corrected chi connectivity index (χ2v) is 14.1. The average Bonchev–Trinajstić information content (AvgIpc) is 3.34. The van der Waals surface area contributed by atoms with Crippen LogP contribution in [0.4, 0.5) is 0 Å². The van der Waals surface area contributed by atoms with Crippen molar-refractivity contribution in [3.05, 3.63) is 84.5 Å². The highest BCUT2D eigenvalue weighted by molar-refractivity contribution is 7.07. The molecule has 0 N–H and O–H groups in total. The minimum Gasteiger partial charge on any atom is -0.497 e. The first-order chi connectivity index (χ1) is 22.2. The molecule has 5 aliphatic rings. The lowest BCUT2D eigenvalue weighted by Crippen LogP contribution is -2.51. The normalized spacial score (nSPS) is 26.4. The molecule has 9 nitrogen and oxygen atoms in total. The Morgan fingerprint density at radius 2 is 1.65 bits per heavy atom. The Morgan fingerprint density at radius 1 is 0.978 bits per heavy atom. The van der Waals surface area contributed by atoms with Crippen LogP contribution in [0.1, 0.15) is 69.5 Å². The largest absolute Gasteiger partial charge is 0.497 e. The summed E-state index contributed by atoms with van der Waals surface area (Å²) in [4.78, 5) is 45.9. The summed E-state index contributed by atoms with van der Waals surface area (Å²) >= 11 is 1.25. The first-order valence-electron chi connectivity index (χ1n) is 16.0. The molecular weight excluding hydrogens is 604 g/mol. The van der Waals surface area contributed by atoms with Gasteiger partial charge in [-0.15, -0.1) is 0 Å². The predicted molar refractivity (Wildman–Crippen MR) is 173 cm³/mol. The fraction of sp³-hybridized carbons (Fsp3) is 0.444. The highest BCUT2D eigenvalue weighted by Gasteiger charge is 2.55. The van der Waals surface area contributed by atoms with Gasteiger partial charge in [-0.2, -0.15) is 0 Å². The maximum atomic E-state index is 14.0. The van der Waals surface area contributed by atoms with Crippen molar-refractivity contribution in [1.29, 1.82) is 0 Å². The molecule has 4 fully saturated rings. The highest BCUT2D eigenvalue weighted by Crippen LogP contribution is 2.60.